The van der Waals surface area contributed by atoms with Crippen LogP contribution in [0, 0.1) is 22.7 Å². The Balaban J connectivity index is 0.000000408. The van der Waals surface area contributed by atoms with Crippen LogP contribution >= 0.6 is 15.9 Å². The SMILES string of the molecule is C=C(C)C(O)=C(C#N)C(=O)Nc1ccc(Br)cc1.C=C(C)C(O)=C(C#N)C(=O)Nc1ccc(OC(F)(F)F)cc1. The zero-order valence-corrected chi connectivity index (χ0v) is 22.6. The van der Waals surface area contributed by atoms with E-state index < -0.39 is 41.0 Å². The molecule has 0 aliphatic carbocycles. The fourth-order valence-electron chi connectivity index (χ4n) is 2.51. The monoisotopic (exact) mass is 618 g/mol. The molecule has 0 heterocycles. The second kappa shape index (κ2) is 14.8. The molecule has 0 fully saturated rings. The number of alkyl halides is 3. The molecule has 0 atom stereocenters. The quantitative estimate of drug-likeness (QED) is 0.116. The molecule has 0 aromatic heterocycles. The molecule has 2 aromatic rings. The molecule has 2 aromatic carbocycles. The lowest BCUT2D eigenvalue weighted by atomic mass is 10.1. The number of aliphatic hydroxyl groups is 2. The summed E-state index contributed by atoms with van der Waals surface area (Å²) in [7, 11) is 0. The molecule has 0 radical (unpaired) electrons. The fraction of sp³-hybridized carbons (Fsp3) is 0.111. The van der Waals surface area contributed by atoms with Gasteiger partial charge in [0.15, 0.2) is 11.1 Å². The number of carbonyl (C=O) groups is 2. The van der Waals surface area contributed by atoms with Gasteiger partial charge in [-0.15, -0.1) is 13.2 Å². The lowest BCUT2D eigenvalue weighted by molar-refractivity contribution is -0.274. The molecule has 0 aliphatic rings. The number of halogens is 4. The van der Waals surface area contributed by atoms with Gasteiger partial charge in [0.2, 0.25) is 0 Å². The van der Waals surface area contributed by atoms with E-state index in [1.807, 2.05) is 0 Å². The number of benzene rings is 2. The van der Waals surface area contributed by atoms with Gasteiger partial charge < -0.3 is 25.6 Å². The van der Waals surface area contributed by atoms with Gasteiger partial charge in [0, 0.05) is 15.8 Å². The maximum atomic E-state index is 12.0. The van der Waals surface area contributed by atoms with E-state index in [0.29, 0.717) is 5.69 Å². The molecule has 13 heteroatoms. The predicted molar refractivity (Wildman–Crippen MR) is 145 cm³/mol. The first kappa shape index (κ1) is 33.0. The van der Waals surface area contributed by atoms with Crippen molar-refractivity contribution in [2.45, 2.75) is 20.2 Å². The average Bonchev–Trinajstić information content (AvgIpc) is 2.86. The van der Waals surface area contributed by atoms with E-state index >= 15 is 0 Å². The molecule has 4 N–H and O–H groups in total. The first-order valence-corrected chi connectivity index (χ1v) is 11.6. The minimum absolute atomic E-state index is 0.126. The largest absolute Gasteiger partial charge is 0.573 e. The summed E-state index contributed by atoms with van der Waals surface area (Å²) in [5.74, 6) is -2.98. The van der Waals surface area contributed by atoms with Crippen molar-refractivity contribution in [3.8, 4) is 17.9 Å². The van der Waals surface area contributed by atoms with Crippen LogP contribution in [0.1, 0.15) is 13.8 Å². The highest BCUT2D eigenvalue weighted by atomic mass is 79.9. The third kappa shape index (κ3) is 10.8. The van der Waals surface area contributed by atoms with Gasteiger partial charge >= 0.3 is 6.36 Å². The molecule has 2 amide bonds. The molecule has 9 nitrogen and oxygen atoms in total. The third-order valence-corrected chi connectivity index (χ3v) is 4.94. The normalized spacial score (nSPS) is 11.6. The average molecular weight is 619 g/mol. The molecule has 0 unspecified atom stereocenters. The first-order valence-electron chi connectivity index (χ1n) is 10.8. The number of allylic oxidation sites excluding steroid dienone is 2. The van der Waals surface area contributed by atoms with Crippen LogP contribution in [0.2, 0.25) is 0 Å². The summed E-state index contributed by atoms with van der Waals surface area (Å²) in [4.78, 5) is 23.6. The molecule has 0 spiro atoms. The Morgan fingerprint density at radius 1 is 0.825 bits per heavy atom. The molecular formula is C27H22BrF3N4O5. The number of ether oxygens (including phenoxy) is 1. The van der Waals surface area contributed by atoms with Crippen molar-refractivity contribution in [3.63, 3.8) is 0 Å². The maximum Gasteiger partial charge on any atom is 0.573 e. The number of aliphatic hydroxyl groups excluding tert-OH is 2. The van der Waals surface area contributed by atoms with E-state index in [-0.39, 0.29) is 22.4 Å². The lowest BCUT2D eigenvalue weighted by Crippen LogP contribution is -2.17. The minimum atomic E-state index is -4.81. The highest BCUT2D eigenvalue weighted by Crippen LogP contribution is 2.24. The van der Waals surface area contributed by atoms with Crippen LogP contribution in [0.25, 0.3) is 0 Å². The van der Waals surface area contributed by atoms with Gasteiger partial charge in [0.05, 0.1) is 0 Å². The molecule has 0 saturated carbocycles. The molecule has 208 valence electrons. The minimum Gasteiger partial charge on any atom is -0.506 e. The number of nitrogens with zero attached hydrogens (tertiary/aromatic N) is 2. The summed E-state index contributed by atoms with van der Waals surface area (Å²) in [5.41, 5.74) is 0.138. The van der Waals surface area contributed by atoms with Gasteiger partial charge in [-0.25, -0.2) is 0 Å². The van der Waals surface area contributed by atoms with E-state index in [9.17, 15) is 33.0 Å². The van der Waals surface area contributed by atoms with Crippen molar-refractivity contribution in [2.75, 3.05) is 10.6 Å². The van der Waals surface area contributed by atoms with Gasteiger partial charge in [-0.3, -0.25) is 9.59 Å². The van der Waals surface area contributed by atoms with Crippen LogP contribution in [0.4, 0.5) is 24.5 Å². The van der Waals surface area contributed by atoms with Gasteiger partial charge in [-0.2, -0.15) is 10.5 Å². The Bertz CT molecular complexity index is 1430. The topological polar surface area (TPSA) is 155 Å². The number of hydrogen-bond acceptors (Lipinski definition) is 7. The van der Waals surface area contributed by atoms with Crippen LogP contribution in [0.15, 0.2) is 100.0 Å². The predicted octanol–water partition coefficient (Wildman–Crippen LogP) is 6.73. The van der Waals surface area contributed by atoms with Crippen molar-refractivity contribution in [3.05, 3.63) is 100.0 Å². The van der Waals surface area contributed by atoms with Gasteiger partial charge in [0.1, 0.15) is 29.4 Å². The summed E-state index contributed by atoms with van der Waals surface area (Å²) in [6.45, 7) is 9.80. The smallest absolute Gasteiger partial charge is 0.506 e. The number of amides is 2. The summed E-state index contributed by atoms with van der Waals surface area (Å²) in [6.07, 6.45) is -4.81. The Kier molecular flexibility index (Phi) is 12.2. The van der Waals surface area contributed by atoms with E-state index in [2.05, 4.69) is 44.5 Å². The Morgan fingerprint density at radius 3 is 1.48 bits per heavy atom. The first-order chi connectivity index (χ1) is 18.6. The van der Waals surface area contributed by atoms with Crippen molar-refractivity contribution in [1.29, 1.82) is 10.5 Å². The second-order valence-electron chi connectivity index (χ2n) is 7.72. The highest BCUT2D eigenvalue weighted by molar-refractivity contribution is 9.10. The summed E-state index contributed by atoms with van der Waals surface area (Å²) < 4.78 is 40.5. The molecule has 2 rings (SSSR count). The zero-order valence-electron chi connectivity index (χ0n) is 21.1. The maximum absolute atomic E-state index is 12.0. The van der Waals surface area contributed by atoms with E-state index in [1.165, 1.54) is 19.9 Å². The second-order valence-corrected chi connectivity index (χ2v) is 8.63. The number of hydrogen-bond donors (Lipinski definition) is 4. The summed E-state index contributed by atoms with van der Waals surface area (Å²) >= 11 is 3.27. The number of anilines is 2. The Labute approximate surface area is 235 Å². The van der Waals surface area contributed by atoms with Gasteiger partial charge in [-0.1, -0.05) is 29.1 Å². The van der Waals surface area contributed by atoms with Gasteiger partial charge in [0.25, 0.3) is 11.8 Å². The molecule has 0 bridgehead atoms. The number of nitriles is 2. The summed E-state index contributed by atoms with van der Waals surface area (Å²) in [6, 6.07) is 14.4. The van der Waals surface area contributed by atoms with E-state index in [0.717, 1.165) is 28.7 Å². The standard InChI is InChI=1S/C14H11F3N2O3.C13H11BrN2O2/c1-8(2)12(20)11(7-18)13(21)19-9-3-5-10(6-4-9)22-14(15,16)17;1-8(2)12(17)11(7-15)13(18)16-10-5-3-9(14)4-6-10/h3-6,20H,1H2,2H3,(H,19,21);3-6,17H,1H2,2H3,(H,16,18). The molecule has 0 aliphatic heterocycles. The van der Waals surface area contributed by atoms with E-state index in [4.69, 9.17) is 10.5 Å². The van der Waals surface area contributed by atoms with Crippen LogP contribution in [0.5, 0.6) is 5.75 Å². The molecular weight excluding hydrogens is 597 g/mol. The third-order valence-electron chi connectivity index (χ3n) is 4.41. The van der Waals surface area contributed by atoms with Gasteiger partial charge in [-0.05, 0) is 73.5 Å². The van der Waals surface area contributed by atoms with Crippen molar-refractivity contribution < 1.29 is 37.7 Å². The van der Waals surface area contributed by atoms with Crippen LogP contribution in [0.3, 0.4) is 0 Å². The number of rotatable bonds is 7. The van der Waals surface area contributed by atoms with Crippen molar-refractivity contribution >= 4 is 39.1 Å². The van der Waals surface area contributed by atoms with E-state index in [1.54, 1.807) is 30.3 Å². The van der Waals surface area contributed by atoms with Crippen molar-refractivity contribution in [2.24, 2.45) is 0 Å². The Hall–Kier alpha value is -5.01. The van der Waals surface area contributed by atoms with Crippen LogP contribution in [-0.2, 0) is 9.59 Å². The zero-order chi connectivity index (χ0) is 30.6. The van der Waals surface area contributed by atoms with Crippen molar-refractivity contribution in [1.82, 2.24) is 0 Å². The fourth-order valence-corrected chi connectivity index (χ4v) is 2.77. The lowest BCUT2D eigenvalue weighted by Gasteiger charge is -2.10. The Morgan fingerprint density at radius 2 is 1.18 bits per heavy atom. The molecule has 0 saturated heterocycles. The number of nitrogens with one attached hydrogen (secondary N) is 2. The molecule has 40 heavy (non-hydrogen) atoms. The highest BCUT2D eigenvalue weighted by Gasteiger charge is 2.31. The number of carbonyl (C=O) groups excluding carboxylic acids is 2. The van der Waals surface area contributed by atoms with Crippen LogP contribution in [-0.4, -0.2) is 28.4 Å². The summed E-state index contributed by atoms with van der Waals surface area (Å²) in [5, 5.41) is 41.6. The van der Waals surface area contributed by atoms with Crippen LogP contribution < -0.4 is 15.4 Å².